The summed E-state index contributed by atoms with van der Waals surface area (Å²) in [6, 6.07) is 8.12. The van der Waals surface area contributed by atoms with Gasteiger partial charge in [-0.2, -0.15) is 9.78 Å². The molecule has 0 bridgehead atoms. The second kappa shape index (κ2) is 8.97. The zero-order valence-electron chi connectivity index (χ0n) is 18.5. The number of sulfonamides is 1. The molecule has 3 heterocycles. The average molecular weight is 458 g/mol. The van der Waals surface area contributed by atoms with E-state index in [2.05, 4.69) is 19.9 Å². The lowest BCUT2D eigenvalue weighted by molar-refractivity contribution is 0.344. The van der Waals surface area contributed by atoms with Crippen LogP contribution in [0.15, 0.2) is 44.5 Å². The molecule has 0 unspecified atom stereocenters. The summed E-state index contributed by atoms with van der Waals surface area (Å²) >= 11 is 0. The van der Waals surface area contributed by atoms with Gasteiger partial charge in [0.05, 0.1) is 10.6 Å². The van der Waals surface area contributed by atoms with E-state index >= 15 is 0 Å². The SMILES string of the molecule is Cc1ccc(-c2ccc(=O)n(-c3c(C)noc3C)n2)cc1S(=O)(=O)NCCN1CCCC1. The lowest BCUT2D eigenvalue weighted by Crippen LogP contribution is -2.33. The smallest absolute Gasteiger partial charge is 0.271 e. The molecule has 1 aromatic carbocycles. The van der Waals surface area contributed by atoms with Crippen LogP contribution in [0.4, 0.5) is 0 Å². The molecule has 1 aliphatic heterocycles. The van der Waals surface area contributed by atoms with E-state index in [4.69, 9.17) is 4.52 Å². The first-order chi connectivity index (χ1) is 15.3. The molecule has 0 radical (unpaired) electrons. The van der Waals surface area contributed by atoms with Gasteiger partial charge in [-0.05, 0) is 64.4 Å². The summed E-state index contributed by atoms with van der Waals surface area (Å²) in [5.74, 6) is 0.476. The lowest BCUT2D eigenvalue weighted by Gasteiger charge is -2.16. The minimum atomic E-state index is -3.69. The number of likely N-dealkylation sites (tertiary alicyclic amines) is 1. The zero-order chi connectivity index (χ0) is 22.9. The van der Waals surface area contributed by atoms with Crippen molar-refractivity contribution in [2.24, 2.45) is 0 Å². The van der Waals surface area contributed by atoms with E-state index in [0.717, 1.165) is 25.9 Å². The van der Waals surface area contributed by atoms with Crippen molar-refractivity contribution in [3.8, 4) is 16.9 Å². The molecule has 0 aliphatic carbocycles. The van der Waals surface area contributed by atoms with E-state index in [1.165, 1.54) is 10.7 Å². The fraction of sp³-hybridized carbons (Fsp3) is 0.409. The van der Waals surface area contributed by atoms with Gasteiger partial charge in [-0.15, -0.1) is 0 Å². The average Bonchev–Trinajstić information content (AvgIpc) is 3.38. The van der Waals surface area contributed by atoms with Crippen molar-refractivity contribution >= 4 is 10.0 Å². The molecule has 0 amide bonds. The molecule has 1 fully saturated rings. The minimum absolute atomic E-state index is 0.202. The molecule has 10 heteroatoms. The van der Waals surface area contributed by atoms with Crippen molar-refractivity contribution in [1.82, 2.24) is 24.6 Å². The Kier molecular flexibility index (Phi) is 6.27. The van der Waals surface area contributed by atoms with Crippen LogP contribution in [-0.2, 0) is 10.0 Å². The van der Waals surface area contributed by atoms with Crippen LogP contribution in [0.3, 0.4) is 0 Å². The van der Waals surface area contributed by atoms with Crippen molar-refractivity contribution < 1.29 is 12.9 Å². The number of aromatic nitrogens is 3. The Bertz CT molecular complexity index is 1270. The Balaban J connectivity index is 1.64. The third-order valence-electron chi connectivity index (χ3n) is 5.70. The van der Waals surface area contributed by atoms with E-state index in [1.54, 1.807) is 45.0 Å². The molecule has 9 nitrogen and oxygen atoms in total. The fourth-order valence-electron chi connectivity index (χ4n) is 3.98. The number of nitrogens with one attached hydrogen (secondary N) is 1. The number of hydrogen-bond donors (Lipinski definition) is 1. The highest BCUT2D eigenvalue weighted by Gasteiger charge is 2.20. The number of benzene rings is 1. The third-order valence-corrected chi connectivity index (χ3v) is 7.30. The summed E-state index contributed by atoms with van der Waals surface area (Å²) < 4.78 is 35.1. The largest absolute Gasteiger partial charge is 0.359 e. The number of rotatable bonds is 7. The van der Waals surface area contributed by atoms with Gasteiger partial charge < -0.3 is 9.42 Å². The Morgan fingerprint density at radius 1 is 1.09 bits per heavy atom. The molecule has 170 valence electrons. The molecule has 1 N–H and O–H groups in total. The summed E-state index contributed by atoms with van der Waals surface area (Å²) in [4.78, 5) is 14.9. The van der Waals surface area contributed by atoms with Gasteiger partial charge in [-0.3, -0.25) is 4.79 Å². The predicted octanol–water partition coefficient (Wildman–Crippen LogP) is 2.19. The van der Waals surface area contributed by atoms with Crippen LogP contribution in [0, 0.1) is 20.8 Å². The molecule has 2 aromatic heterocycles. The number of hydrogen-bond acceptors (Lipinski definition) is 7. The van der Waals surface area contributed by atoms with Crippen molar-refractivity contribution in [2.45, 2.75) is 38.5 Å². The molecule has 0 spiro atoms. The van der Waals surface area contributed by atoms with Crippen molar-refractivity contribution in [1.29, 1.82) is 0 Å². The Morgan fingerprint density at radius 3 is 2.53 bits per heavy atom. The maximum absolute atomic E-state index is 13.0. The van der Waals surface area contributed by atoms with E-state index < -0.39 is 10.0 Å². The standard InChI is InChI=1S/C22H27N5O4S/c1-15-6-7-18(14-20(15)32(29,30)23-10-13-26-11-4-5-12-26)19-8-9-21(28)27(24-19)22-16(2)25-31-17(22)3/h6-9,14,23H,4-5,10-13H2,1-3H3. The predicted molar refractivity (Wildman–Crippen MR) is 120 cm³/mol. The van der Waals surface area contributed by atoms with E-state index in [1.807, 2.05) is 0 Å². The van der Waals surface area contributed by atoms with Gasteiger partial charge in [-0.25, -0.2) is 13.1 Å². The summed E-state index contributed by atoms with van der Waals surface area (Å²) in [6.07, 6.45) is 2.33. The van der Waals surface area contributed by atoms with Crippen LogP contribution in [0.5, 0.6) is 0 Å². The van der Waals surface area contributed by atoms with Gasteiger partial charge in [0, 0.05) is 24.7 Å². The molecule has 32 heavy (non-hydrogen) atoms. The highest BCUT2D eigenvalue weighted by atomic mass is 32.2. The maximum atomic E-state index is 13.0. The van der Waals surface area contributed by atoms with Gasteiger partial charge in [0.15, 0.2) is 5.76 Å². The van der Waals surface area contributed by atoms with E-state index in [-0.39, 0.29) is 10.5 Å². The summed E-state index contributed by atoms with van der Waals surface area (Å²) in [5, 5.41) is 8.34. The molecule has 1 aliphatic rings. The second-order valence-corrected chi connectivity index (χ2v) is 9.80. The second-order valence-electron chi connectivity index (χ2n) is 8.07. The maximum Gasteiger partial charge on any atom is 0.271 e. The minimum Gasteiger partial charge on any atom is -0.359 e. The topological polar surface area (TPSA) is 110 Å². The molecule has 0 saturated carbocycles. The highest BCUT2D eigenvalue weighted by molar-refractivity contribution is 7.89. The van der Waals surface area contributed by atoms with Gasteiger partial charge in [0.25, 0.3) is 5.56 Å². The Labute approximate surface area is 187 Å². The van der Waals surface area contributed by atoms with Crippen LogP contribution in [-0.4, -0.2) is 54.4 Å². The molecular weight excluding hydrogens is 430 g/mol. The number of aryl methyl sites for hydroxylation is 3. The van der Waals surface area contributed by atoms with Gasteiger partial charge in [-0.1, -0.05) is 17.3 Å². The quantitative estimate of drug-likeness (QED) is 0.579. The third kappa shape index (κ3) is 4.52. The molecule has 4 rings (SSSR count). The first-order valence-electron chi connectivity index (χ1n) is 10.6. The van der Waals surface area contributed by atoms with E-state index in [9.17, 15) is 13.2 Å². The molecule has 0 atom stereocenters. The highest BCUT2D eigenvalue weighted by Crippen LogP contribution is 2.24. The number of nitrogens with zero attached hydrogens (tertiary/aromatic N) is 4. The van der Waals surface area contributed by atoms with Crippen molar-refractivity contribution in [3.05, 3.63) is 57.7 Å². The fourth-order valence-corrected chi connectivity index (χ4v) is 5.27. The molecular formula is C22H27N5O4S. The zero-order valence-corrected chi connectivity index (χ0v) is 19.3. The molecule has 1 saturated heterocycles. The summed E-state index contributed by atoms with van der Waals surface area (Å²) in [5.41, 5.74) is 2.41. The van der Waals surface area contributed by atoms with Gasteiger partial charge in [0.1, 0.15) is 11.4 Å². The Morgan fingerprint density at radius 2 is 1.84 bits per heavy atom. The van der Waals surface area contributed by atoms with Crippen molar-refractivity contribution in [2.75, 3.05) is 26.2 Å². The summed E-state index contributed by atoms with van der Waals surface area (Å²) in [6.45, 7) is 8.29. The van der Waals surface area contributed by atoms with Crippen LogP contribution >= 0.6 is 0 Å². The monoisotopic (exact) mass is 457 g/mol. The first-order valence-corrected chi connectivity index (χ1v) is 12.1. The van der Waals surface area contributed by atoms with Crippen molar-refractivity contribution in [3.63, 3.8) is 0 Å². The normalized spacial score (nSPS) is 14.8. The first kappa shape index (κ1) is 22.4. The van der Waals surface area contributed by atoms with Crippen LogP contribution in [0.1, 0.15) is 29.9 Å². The molecule has 3 aromatic rings. The lowest BCUT2D eigenvalue weighted by atomic mass is 10.1. The van der Waals surface area contributed by atoms with Crippen LogP contribution in [0.2, 0.25) is 0 Å². The van der Waals surface area contributed by atoms with E-state index in [0.29, 0.717) is 47.1 Å². The summed E-state index contributed by atoms with van der Waals surface area (Å²) in [7, 11) is -3.69. The Hall–Kier alpha value is -2.82. The van der Waals surface area contributed by atoms with Crippen LogP contribution < -0.4 is 10.3 Å². The van der Waals surface area contributed by atoms with Gasteiger partial charge >= 0.3 is 0 Å². The van der Waals surface area contributed by atoms with Crippen LogP contribution in [0.25, 0.3) is 16.9 Å². The van der Waals surface area contributed by atoms with Gasteiger partial charge in [0.2, 0.25) is 10.0 Å².